The van der Waals surface area contributed by atoms with E-state index in [1.807, 2.05) is 13.8 Å². The quantitative estimate of drug-likeness (QED) is 0.620. The van der Waals surface area contributed by atoms with Gasteiger partial charge in [0.1, 0.15) is 5.71 Å². The first-order chi connectivity index (χ1) is 10.2. The molecule has 1 aliphatic carbocycles. The van der Waals surface area contributed by atoms with Gasteiger partial charge in [-0.15, -0.1) is 0 Å². The molecule has 0 saturated heterocycles. The number of rotatable bonds is 4. The highest BCUT2D eigenvalue weighted by molar-refractivity contribution is 7.86. The lowest BCUT2D eigenvalue weighted by Gasteiger charge is -2.14. The smallest absolute Gasteiger partial charge is 0.339 e. The predicted molar refractivity (Wildman–Crippen MR) is 80.6 cm³/mol. The number of hydrogen-bond acceptors (Lipinski definition) is 6. The van der Waals surface area contributed by atoms with Gasteiger partial charge in [0.15, 0.2) is 5.78 Å². The van der Waals surface area contributed by atoms with Gasteiger partial charge in [0.25, 0.3) is 0 Å². The Hall–Kier alpha value is -2.22. The van der Waals surface area contributed by atoms with Crippen molar-refractivity contribution in [3.63, 3.8) is 0 Å². The van der Waals surface area contributed by atoms with Crippen molar-refractivity contribution in [3.05, 3.63) is 35.8 Å². The molecule has 0 amide bonds. The molecule has 2 rings (SSSR count). The second kappa shape index (κ2) is 5.88. The van der Waals surface area contributed by atoms with Gasteiger partial charge in [-0.2, -0.15) is 8.42 Å². The Kier molecular flexibility index (Phi) is 4.32. The molecule has 1 aliphatic rings. The summed E-state index contributed by atoms with van der Waals surface area (Å²) in [5.74, 6) is -0.0894. The number of oxime groups is 1. The summed E-state index contributed by atoms with van der Waals surface area (Å²) in [4.78, 5) is 15.6. The molecule has 22 heavy (non-hydrogen) atoms. The Morgan fingerprint density at radius 3 is 2.55 bits per heavy atom. The minimum Gasteiger partial charge on any atom is -0.339 e. The van der Waals surface area contributed by atoms with E-state index >= 15 is 0 Å². The average molecular weight is 323 g/mol. The van der Waals surface area contributed by atoms with Gasteiger partial charge in [0, 0.05) is 18.8 Å². The molecular weight excluding hydrogens is 306 g/mol. The number of allylic oxidation sites excluding steroid dienone is 4. The number of aryl methyl sites for hydroxylation is 1. The molecule has 8 heteroatoms. The van der Waals surface area contributed by atoms with E-state index in [1.165, 1.54) is 23.2 Å². The number of hydrogen-bond donors (Lipinski definition) is 0. The molecule has 1 aromatic rings. The van der Waals surface area contributed by atoms with E-state index in [0.29, 0.717) is 16.9 Å². The van der Waals surface area contributed by atoms with Crippen LogP contribution in [0.2, 0.25) is 0 Å². The van der Waals surface area contributed by atoms with E-state index in [0.717, 1.165) is 0 Å². The molecule has 118 valence electrons. The zero-order valence-electron chi connectivity index (χ0n) is 12.8. The van der Waals surface area contributed by atoms with E-state index in [-0.39, 0.29) is 16.7 Å². The maximum Gasteiger partial charge on any atom is 0.377 e. The van der Waals surface area contributed by atoms with Gasteiger partial charge in [-0.3, -0.25) is 9.08 Å². The molecule has 0 spiro atoms. The van der Waals surface area contributed by atoms with Crippen LogP contribution in [0.4, 0.5) is 0 Å². The van der Waals surface area contributed by atoms with Crippen molar-refractivity contribution in [3.8, 4) is 0 Å². The molecule has 0 fully saturated rings. The lowest BCUT2D eigenvalue weighted by atomic mass is 9.90. The summed E-state index contributed by atoms with van der Waals surface area (Å²) >= 11 is 0. The maximum absolute atomic E-state index is 12.0. The third kappa shape index (κ3) is 3.33. The van der Waals surface area contributed by atoms with Crippen LogP contribution in [0.3, 0.4) is 0 Å². The van der Waals surface area contributed by atoms with E-state index in [9.17, 15) is 13.2 Å². The van der Waals surface area contributed by atoms with E-state index < -0.39 is 10.1 Å². The molecule has 0 N–H and O–H groups in total. The molecular formula is C14H17N3O4S. The second-order valence-electron chi connectivity index (χ2n) is 5.33. The van der Waals surface area contributed by atoms with Crippen molar-refractivity contribution in [2.24, 2.45) is 18.1 Å². The van der Waals surface area contributed by atoms with Crippen molar-refractivity contribution in [1.82, 2.24) is 9.55 Å². The Bertz CT molecular complexity index is 798. The first-order valence-electron chi connectivity index (χ1n) is 6.65. The van der Waals surface area contributed by atoms with Crippen LogP contribution < -0.4 is 0 Å². The summed E-state index contributed by atoms with van der Waals surface area (Å²) in [5.41, 5.74) is 1.41. The largest absolute Gasteiger partial charge is 0.377 e. The molecule has 0 saturated carbocycles. The highest BCUT2D eigenvalue weighted by Gasteiger charge is 2.22. The normalized spacial score (nSPS) is 17.7. The topological polar surface area (TPSA) is 90.6 Å². The first-order valence-corrected chi connectivity index (χ1v) is 8.05. The molecule has 0 radical (unpaired) electrons. The number of carbonyl (C=O) groups is 1. The number of aromatic nitrogens is 2. The molecule has 0 aliphatic heterocycles. The van der Waals surface area contributed by atoms with Gasteiger partial charge in [0.05, 0.1) is 6.33 Å². The molecule has 0 unspecified atom stereocenters. The van der Waals surface area contributed by atoms with Crippen LogP contribution in [-0.2, 0) is 26.2 Å². The van der Waals surface area contributed by atoms with E-state index in [2.05, 4.69) is 14.4 Å². The van der Waals surface area contributed by atoms with Crippen LogP contribution in [0.5, 0.6) is 0 Å². The number of imidazole rings is 1. The zero-order valence-corrected chi connectivity index (χ0v) is 13.6. The summed E-state index contributed by atoms with van der Waals surface area (Å²) < 4.78 is 30.1. The van der Waals surface area contributed by atoms with E-state index in [4.69, 9.17) is 0 Å². The van der Waals surface area contributed by atoms with E-state index in [1.54, 1.807) is 20.0 Å². The highest BCUT2D eigenvalue weighted by Crippen LogP contribution is 2.20. The number of nitrogens with zero attached hydrogens (tertiary/aromatic N) is 3. The minimum absolute atomic E-state index is 0.00875. The summed E-state index contributed by atoms with van der Waals surface area (Å²) in [6.45, 7) is 5.42. The van der Waals surface area contributed by atoms with Crippen molar-refractivity contribution < 1.29 is 17.5 Å². The Morgan fingerprint density at radius 1 is 1.32 bits per heavy atom. The van der Waals surface area contributed by atoms with Crippen molar-refractivity contribution in [2.75, 3.05) is 0 Å². The zero-order chi connectivity index (χ0) is 16.5. The highest BCUT2D eigenvalue weighted by atomic mass is 32.2. The summed E-state index contributed by atoms with van der Waals surface area (Å²) in [5, 5.41) is 3.45. The lowest BCUT2D eigenvalue weighted by Crippen LogP contribution is -2.16. The van der Waals surface area contributed by atoms with Gasteiger partial charge in [-0.1, -0.05) is 19.0 Å². The third-order valence-corrected chi connectivity index (χ3v) is 4.12. The summed E-state index contributed by atoms with van der Waals surface area (Å²) in [6, 6.07) is 0. The maximum atomic E-state index is 12.0. The standard InChI is InChI=1S/C14H17N3O4S/c1-9(2)11-6-12(10(3)5-13(11)18)16-21-22(19,20)14-7-17(4)8-15-14/h5-9H,1-4H3/b16-12+. The fourth-order valence-corrected chi connectivity index (χ4v) is 2.61. The van der Waals surface area contributed by atoms with Gasteiger partial charge < -0.3 is 4.57 Å². The second-order valence-corrected chi connectivity index (χ2v) is 6.80. The number of ketones is 1. The SMILES string of the molecule is CC1=CC(=O)C(C(C)C)=C/C1=N\OS(=O)(=O)c1cn(C)cn1. The van der Waals surface area contributed by atoms with Crippen molar-refractivity contribution in [1.29, 1.82) is 0 Å². The van der Waals surface area contributed by atoms with Gasteiger partial charge in [-0.05, 0) is 30.6 Å². The summed E-state index contributed by atoms with van der Waals surface area (Å²) in [6.07, 6.45) is 5.64. The fraction of sp³-hybridized carbons (Fsp3) is 0.357. The van der Waals surface area contributed by atoms with Gasteiger partial charge in [-0.25, -0.2) is 4.98 Å². The molecule has 0 aromatic carbocycles. The van der Waals surface area contributed by atoms with Crippen LogP contribution >= 0.6 is 0 Å². The Morgan fingerprint density at radius 2 is 2.00 bits per heavy atom. The average Bonchev–Trinajstić information content (AvgIpc) is 2.85. The monoisotopic (exact) mass is 323 g/mol. The van der Waals surface area contributed by atoms with Crippen molar-refractivity contribution >= 4 is 21.6 Å². The third-order valence-electron chi connectivity index (χ3n) is 3.12. The molecule has 0 atom stereocenters. The lowest BCUT2D eigenvalue weighted by molar-refractivity contribution is -0.111. The van der Waals surface area contributed by atoms with Crippen molar-refractivity contribution in [2.45, 2.75) is 25.8 Å². The molecule has 0 bridgehead atoms. The van der Waals surface area contributed by atoms with Crippen LogP contribution in [-0.4, -0.2) is 29.5 Å². The molecule has 7 nitrogen and oxygen atoms in total. The fourth-order valence-electron chi connectivity index (χ4n) is 1.88. The predicted octanol–water partition coefficient (Wildman–Crippen LogP) is 1.59. The van der Waals surface area contributed by atoms with Crippen LogP contribution in [0.15, 0.2) is 46.0 Å². The number of carbonyl (C=O) groups excluding carboxylic acids is 1. The van der Waals surface area contributed by atoms with Gasteiger partial charge in [0.2, 0.25) is 5.03 Å². The van der Waals surface area contributed by atoms with Crippen LogP contribution in [0.25, 0.3) is 0 Å². The Labute approximate surface area is 129 Å². The molecule has 1 aromatic heterocycles. The first kappa shape index (κ1) is 16.2. The van der Waals surface area contributed by atoms with Crippen LogP contribution in [0, 0.1) is 5.92 Å². The molecule has 1 heterocycles. The summed E-state index contributed by atoms with van der Waals surface area (Å²) in [7, 11) is -2.43. The Balaban J connectivity index is 2.29. The minimum atomic E-state index is -4.07. The van der Waals surface area contributed by atoms with Crippen LogP contribution in [0.1, 0.15) is 20.8 Å². The van der Waals surface area contributed by atoms with Gasteiger partial charge >= 0.3 is 10.1 Å².